The quantitative estimate of drug-likeness (QED) is 0.657. The molecular formula is C13H20S. The van der Waals surface area contributed by atoms with E-state index in [1.165, 1.54) is 28.9 Å². The topological polar surface area (TPSA) is 0 Å². The molecule has 0 N–H and O–H groups in total. The molecule has 0 aliphatic carbocycles. The van der Waals surface area contributed by atoms with Gasteiger partial charge in [-0.25, -0.2) is 0 Å². The molecule has 0 unspecified atom stereocenters. The van der Waals surface area contributed by atoms with Crippen molar-refractivity contribution in [3.63, 3.8) is 0 Å². The molecule has 14 heavy (non-hydrogen) atoms. The van der Waals surface area contributed by atoms with E-state index in [9.17, 15) is 0 Å². The molecule has 0 radical (unpaired) electrons. The minimum absolute atomic E-state index is 0.637. The number of thioether (sulfide) groups is 1. The Morgan fingerprint density at radius 3 is 2.43 bits per heavy atom. The molecule has 0 atom stereocenters. The predicted octanol–water partition coefficient (Wildman–Crippen LogP) is 4.48. The average Bonchev–Trinajstić information content (AvgIpc) is 2.17. The summed E-state index contributed by atoms with van der Waals surface area (Å²) >= 11 is 1.84. The van der Waals surface area contributed by atoms with Crippen LogP contribution in [0.2, 0.25) is 0 Å². The molecule has 0 nitrogen and oxygen atoms in total. The normalized spacial score (nSPS) is 10.9. The van der Waals surface area contributed by atoms with Crippen molar-refractivity contribution in [2.75, 3.05) is 6.26 Å². The fourth-order valence-electron chi connectivity index (χ4n) is 1.57. The summed E-state index contributed by atoms with van der Waals surface area (Å²) < 4.78 is 0. The Morgan fingerprint density at radius 2 is 1.93 bits per heavy atom. The van der Waals surface area contributed by atoms with E-state index in [1.807, 2.05) is 11.8 Å². The first-order valence-electron chi connectivity index (χ1n) is 5.35. The Hall–Kier alpha value is -0.430. The maximum atomic E-state index is 2.36. The first-order valence-corrected chi connectivity index (χ1v) is 6.57. The zero-order valence-corrected chi connectivity index (χ0v) is 10.4. The molecule has 0 aliphatic rings. The monoisotopic (exact) mass is 208 g/mol. The van der Waals surface area contributed by atoms with Crippen molar-refractivity contribution in [2.45, 2.75) is 44.4 Å². The number of rotatable bonds is 4. The Bertz CT molecular complexity index is 289. The first kappa shape index (κ1) is 11.6. The second-order valence-corrected chi connectivity index (χ2v) is 4.90. The number of hydrogen-bond donors (Lipinski definition) is 0. The fraction of sp³-hybridized carbons (Fsp3) is 0.538. The van der Waals surface area contributed by atoms with E-state index in [4.69, 9.17) is 0 Å². The third-order valence-electron chi connectivity index (χ3n) is 2.43. The summed E-state index contributed by atoms with van der Waals surface area (Å²) in [5.41, 5.74) is 2.96. The van der Waals surface area contributed by atoms with Crippen molar-refractivity contribution in [1.82, 2.24) is 0 Å². The van der Waals surface area contributed by atoms with Crippen LogP contribution in [0.5, 0.6) is 0 Å². The van der Waals surface area contributed by atoms with Crippen molar-refractivity contribution in [3.05, 3.63) is 29.3 Å². The number of benzene rings is 1. The highest BCUT2D eigenvalue weighted by Crippen LogP contribution is 2.24. The molecule has 0 saturated heterocycles. The maximum absolute atomic E-state index is 2.36. The lowest BCUT2D eigenvalue weighted by Crippen LogP contribution is -1.92. The van der Waals surface area contributed by atoms with Gasteiger partial charge in [0.1, 0.15) is 0 Å². The van der Waals surface area contributed by atoms with Crippen LogP contribution >= 0.6 is 11.8 Å². The van der Waals surface area contributed by atoms with Crippen LogP contribution in [-0.2, 0) is 6.42 Å². The van der Waals surface area contributed by atoms with Crippen LogP contribution in [-0.4, -0.2) is 6.26 Å². The first-order chi connectivity index (χ1) is 6.67. The van der Waals surface area contributed by atoms with Gasteiger partial charge >= 0.3 is 0 Å². The highest BCUT2D eigenvalue weighted by Gasteiger charge is 2.03. The standard InChI is InChI=1S/C13H20S/c1-5-6-11-7-12(10(2)3)9-13(8-11)14-4/h7-10H,5-6H2,1-4H3. The number of aryl methyl sites for hydroxylation is 1. The summed E-state index contributed by atoms with van der Waals surface area (Å²) in [6.07, 6.45) is 4.58. The van der Waals surface area contributed by atoms with E-state index < -0.39 is 0 Å². The Morgan fingerprint density at radius 1 is 1.21 bits per heavy atom. The van der Waals surface area contributed by atoms with Gasteiger partial charge in [0, 0.05) is 4.90 Å². The van der Waals surface area contributed by atoms with Crippen molar-refractivity contribution in [1.29, 1.82) is 0 Å². The molecule has 0 saturated carbocycles. The molecule has 78 valence electrons. The van der Waals surface area contributed by atoms with Crippen LogP contribution in [0.15, 0.2) is 23.1 Å². The zero-order chi connectivity index (χ0) is 10.6. The van der Waals surface area contributed by atoms with E-state index in [-0.39, 0.29) is 0 Å². The third-order valence-corrected chi connectivity index (χ3v) is 3.14. The van der Waals surface area contributed by atoms with Crippen LogP contribution in [0.3, 0.4) is 0 Å². The lowest BCUT2D eigenvalue weighted by atomic mass is 9.99. The van der Waals surface area contributed by atoms with Crippen molar-refractivity contribution in [3.8, 4) is 0 Å². The molecule has 1 aromatic carbocycles. The summed E-state index contributed by atoms with van der Waals surface area (Å²) in [5.74, 6) is 0.637. The molecule has 1 heteroatoms. The Balaban J connectivity index is 3.00. The average molecular weight is 208 g/mol. The molecule has 0 aromatic heterocycles. The van der Waals surface area contributed by atoms with Crippen LogP contribution in [0.1, 0.15) is 44.2 Å². The number of hydrogen-bond acceptors (Lipinski definition) is 1. The molecule has 0 heterocycles. The summed E-state index contributed by atoms with van der Waals surface area (Å²) in [6.45, 7) is 6.76. The Labute approximate surface area is 92.1 Å². The van der Waals surface area contributed by atoms with Gasteiger partial charge < -0.3 is 0 Å². The van der Waals surface area contributed by atoms with Gasteiger partial charge in [-0.15, -0.1) is 11.8 Å². The van der Waals surface area contributed by atoms with Crippen molar-refractivity contribution in [2.24, 2.45) is 0 Å². The van der Waals surface area contributed by atoms with Gasteiger partial charge in [0.2, 0.25) is 0 Å². The predicted molar refractivity (Wildman–Crippen MR) is 66.3 cm³/mol. The highest BCUT2D eigenvalue weighted by molar-refractivity contribution is 7.98. The molecule has 1 rings (SSSR count). The van der Waals surface area contributed by atoms with E-state index in [1.54, 1.807) is 0 Å². The minimum Gasteiger partial charge on any atom is -0.130 e. The Kier molecular flexibility index (Phi) is 4.53. The van der Waals surface area contributed by atoms with Gasteiger partial charge in [-0.3, -0.25) is 0 Å². The molecule has 0 spiro atoms. The van der Waals surface area contributed by atoms with Gasteiger partial charge in [-0.05, 0) is 41.9 Å². The summed E-state index contributed by atoms with van der Waals surface area (Å²) in [7, 11) is 0. The van der Waals surface area contributed by atoms with Crippen LogP contribution in [0, 0.1) is 0 Å². The lowest BCUT2D eigenvalue weighted by Gasteiger charge is -2.10. The zero-order valence-electron chi connectivity index (χ0n) is 9.63. The molecule has 1 aromatic rings. The van der Waals surface area contributed by atoms with Gasteiger partial charge in [0.25, 0.3) is 0 Å². The van der Waals surface area contributed by atoms with E-state index in [2.05, 4.69) is 45.2 Å². The van der Waals surface area contributed by atoms with E-state index >= 15 is 0 Å². The molecule has 0 amide bonds. The van der Waals surface area contributed by atoms with Crippen molar-refractivity contribution >= 4 is 11.8 Å². The van der Waals surface area contributed by atoms with Gasteiger partial charge in [-0.2, -0.15) is 0 Å². The highest BCUT2D eigenvalue weighted by atomic mass is 32.2. The molecule has 0 fully saturated rings. The second-order valence-electron chi connectivity index (χ2n) is 4.02. The third kappa shape index (κ3) is 3.06. The van der Waals surface area contributed by atoms with Crippen LogP contribution < -0.4 is 0 Å². The van der Waals surface area contributed by atoms with Gasteiger partial charge in [-0.1, -0.05) is 33.3 Å². The second kappa shape index (κ2) is 5.45. The van der Waals surface area contributed by atoms with E-state index in [0.29, 0.717) is 5.92 Å². The van der Waals surface area contributed by atoms with Crippen LogP contribution in [0.4, 0.5) is 0 Å². The summed E-state index contributed by atoms with van der Waals surface area (Å²) in [4.78, 5) is 1.40. The smallest absolute Gasteiger partial charge is 0.00747 e. The van der Waals surface area contributed by atoms with Gasteiger partial charge in [0.05, 0.1) is 0 Å². The largest absolute Gasteiger partial charge is 0.130 e. The summed E-state index contributed by atoms with van der Waals surface area (Å²) in [5, 5.41) is 0. The molecule has 0 bridgehead atoms. The molecule has 0 aliphatic heterocycles. The SMILES string of the molecule is CCCc1cc(SC)cc(C(C)C)c1. The molecular weight excluding hydrogens is 188 g/mol. The van der Waals surface area contributed by atoms with Crippen molar-refractivity contribution < 1.29 is 0 Å². The maximum Gasteiger partial charge on any atom is 0.00747 e. The lowest BCUT2D eigenvalue weighted by molar-refractivity contribution is 0.847. The fourth-order valence-corrected chi connectivity index (χ4v) is 2.09. The minimum atomic E-state index is 0.637. The van der Waals surface area contributed by atoms with E-state index in [0.717, 1.165) is 0 Å². The van der Waals surface area contributed by atoms with Crippen LogP contribution in [0.25, 0.3) is 0 Å². The summed E-state index contributed by atoms with van der Waals surface area (Å²) in [6, 6.07) is 6.99. The van der Waals surface area contributed by atoms with Gasteiger partial charge in [0.15, 0.2) is 0 Å².